The Hall–Kier alpha value is -2.45. The minimum atomic E-state index is -0.428. The molecule has 2 aromatic rings. The van der Waals surface area contributed by atoms with Crippen molar-refractivity contribution in [3.05, 3.63) is 28.0 Å². The van der Waals surface area contributed by atoms with Gasteiger partial charge < -0.3 is 9.42 Å². The van der Waals surface area contributed by atoms with E-state index < -0.39 is 5.69 Å². The van der Waals surface area contributed by atoms with Crippen LogP contribution < -0.4 is 5.69 Å². The fourth-order valence-corrected chi connectivity index (χ4v) is 1.86. The molecule has 0 radical (unpaired) electrons. The molecule has 0 aliphatic rings. The maximum atomic E-state index is 12.2. The van der Waals surface area contributed by atoms with Crippen LogP contribution in [-0.4, -0.2) is 42.7 Å². The molecule has 9 nitrogen and oxygen atoms in total. The molecular formula is C12H18N6O3. The molecule has 0 spiro atoms. The van der Waals surface area contributed by atoms with E-state index in [0.29, 0.717) is 24.1 Å². The molecule has 9 heteroatoms. The largest absolute Gasteiger partial charge is 0.340 e. The first-order valence-corrected chi connectivity index (χ1v) is 6.85. The van der Waals surface area contributed by atoms with E-state index in [2.05, 4.69) is 25.3 Å². The van der Waals surface area contributed by atoms with Crippen molar-refractivity contribution in [3.63, 3.8) is 0 Å². The van der Waals surface area contributed by atoms with Crippen LogP contribution in [0.5, 0.6) is 0 Å². The van der Waals surface area contributed by atoms with Gasteiger partial charge in [-0.15, -0.1) is 0 Å². The zero-order valence-electron chi connectivity index (χ0n) is 12.0. The van der Waals surface area contributed by atoms with Crippen LogP contribution in [0.1, 0.15) is 37.8 Å². The molecule has 0 aromatic carbocycles. The third kappa shape index (κ3) is 4.01. The number of H-pyrrole nitrogens is 2. The first-order chi connectivity index (χ1) is 10.1. The Kier molecular flexibility index (Phi) is 4.85. The Morgan fingerprint density at radius 1 is 1.38 bits per heavy atom. The summed E-state index contributed by atoms with van der Waals surface area (Å²) in [6.07, 6.45) is 1.67. The van der Waals surface area contributed by atoms with Crippen molar-refractivity contribution in [2.45, 2.75) is 39.7 Å². The highest BCUT2D eigenvalue weighted by Crippen LogP contribution is 2.05. The molecule has 0 saturated heterocycles. The van der Waals surface area contributed by atoms with Crippen LogP contribution in [0.3, 0.4) is 0 Å². The lowest BCUT2D eigenvalue weighted by atomic mass is 10.3. The van der Waals surface area contributed by atoms with Crippen LogP contribution in [-0.2, 0) is 24.2 Å². The fraction of sp³-hybridized carbons (Fsp3) is 0.583. The predicted molar refractivity (Wildman–Crippen MR) is 72.3 cm³/mol. The van der Waals surface area contributed by atoms with Gasteiger partial charge in [0, 0.05) is 13.0 Å². The molecule has 0 bridgehead atoms. The number of carbonyl (C=O) groups excluding carboxylic acids is 1. The van der Waals surface area contributed by atoms with Crippen LogP contribution in [0, 0.1) is 0 Å². The van der Waals surface area contributed by atoms with Crippen LogP contribution in [0.2, 0.25) is 0 Å². The second-order valence-electron chi connectivity index (χ2n) is 4.56. The standard InChI is InChI=1S/C12H18N6O3/c1-3-5-10-13-9(17-21-10)7-18(4-2)11(19)6-8-14-12(20)16-15-8/h3-7H2,1-2H3,(H2,14,15,16,20). The maximum Gasteiger partial charge on any atom is 0.340 e. The molecule has 1 amide bonds. The zero-order chi connectivity index (χ0) is 15.2. The van der Waals surface area contributed by atoms with Crippen LogP contribution in [0.4, 0.5) is 0 Å². The van der Waals surface area contributed by atoms with Crippen molar-refractivity contribution in [1.82, 2.24) is 30.2 Å². The number of nitrogens with zero attached hydrogens (tertiary/aromatic N) is 4. The van der Waals surface area contributed by atoms with Crippen molar-refractivity contribution >= 4 is 5.91 Å². The topological polar surface area (TPSA) is 121 Å². The molecular weight excluding hydrogens is 276 g/mol. The SMILES string of the molecule is CCCc1nc(CN(CC)C(=O)Cc2n[nH]c(=O)[nH]2)no1. The van der Waals surface area contributed by atoms with Crippen molar-refractivity contribution in [2.75, 3.05) is 6.54 Å². The molecule has 0 aliphatic heterocycles. The predicted octanol–water partition coefficient (Wildman–Crippen LogP) is 0.0247. The van der Waals surface area contributed by atoms with Gasteiger partial charge in [-0.1, -0.05) is 12.1 Å². The van der Waals surface area contributed by atoms with E-state index in [-0.39, 0.29) is 18.9 Å². The molecule has 0 aliphatic carbocycles. The van der Waals surface area contributed by atoms with Gasteiger partial charge in [-0.3, -0.25) is 9.78 Å². The van der Waals surface area contributed by atoms with Gasteiger partial charge in [-0.2, -0.15) is 10.1 Å². The Morgan fingerprint density at radius 2 is 2.19 bits per heavy atom. The highest BCUT2D eigenvalue weighted by Gasteiger charge is 2.17. The zero-order valence-corrected chi connectivity index (χ0v) is 12.0. The summed E-state index contributed by atoms with van der Waals surface area (Å²) < 4.78 is 5.09. The van der Waals surface area contributed by atoms with Gasteiger partial charge >= 0.3 is 5.69 Å². The van der Waals surface area contributed by atoms with Gasteiger partial charge in [-0.05, 0) is 13.3 Å². The Labute approximate surface area is 120 Å². The summed E-state index contributed by atoms with van der Waals surface area (Å²) in [6.45, 7) is 4.66. The molecule has 2 rings (SSSR count). The van der Waals surface area contributed by atoms with Crippen LogP contribution >= 0.6 is 0 Å². The number of hydrogen-bond acceptors (Lipinski definition) is 6. The molecule has 0 saturated carbocycles. The highest BCUT2D eigenvalue weighted by molar-refractivity contribution is 5.77. The first kappa shape index (κ1) is 14.9. The molecule has 2 aromatic heterocycles. The molecule has 2 N–H and O–H groups in total. The van der Waals surface area contributed by atoms with Crippen molar-refractivity contribution in [1.29, 1.82) is 0 Å². The highest BCUT2D eigenvalue weighted by atomic mass is 16.5. The van der Waals surface area contributed by atoms with E-state index >= 15 is 0 Å². The Bertz CT molecular complexity index is 643. The summed E-state index contributed by atoms with van der Waals surface area (Å²) in [5, 5.41) is 9.80. The van der Waals surface area contributed by atoms with Gasteiger partial charge in [-0.25, -0.2) is 9.89 Å². The van der Waals surface area contributed by atoms with E-state index in [0.717, 1.165) is 12.8 Å². The number of likely N-dealkylation sites (N-methyl/N-ethyl adjacent to an activating group) is 1. The average molecular weight is 294 g/mol. The number of nitrogens with one attached hydrogen (secondary N) is 2. The molecule has 0 unspecified atom stereocenters. The Balaban J connectivity index is 1.97. The summed E-state index contributed by atoms with van der Waals surface area (Å²) in [4.78, 5) is 31.3. The number of aromatic amines is 2. The third-order valence-electron chi connectivity index (χ3n) is 2.91. The summed E-state index contributed by atoms with van der Waals surface area (Å²) in [7, 11) is 0. The second-order valence-corrected chi connectivity index (χ2v) is 4.56. The number of aromatic nitrogens is 5. The van der Waals surface area contributed by atoms with Crippen molar-refractivity contribution < 1.29 is 9.32 Å². The molecule has 114 valence electrons. The van der Waals surface area contributed by atoms with E-state index in [1.807, 2.05) is 13.8 Å². The minimum absolute atomic E-state index is 0.0201. The van der Waals surface area contributed by atoms with Crippen molar-refractivity contribution in [2.24, 2.45) is 0 Å². The fourth-order valence-electron chi connectivity index (χ4n) is 1.86. The van der Waals surface area contributed by atoms with Gasteiger partial charge in [0.05, 0.1) is 13.0 Å². The summed E-state index contributed by atoms with van der Waals surface area (Å²) >= 11 is 0. The van der Waals surface area contributed by atoms with Gasteiger partial charge in [0.15, 0.2) is 5.82 Å². The number of amides is 1. The summed E-state index contributed by atoms with van der Waals surface area (Å²) in [5.41, 5.74) is -0.428. The molecule has 0 atom stereocenters. The molecule has 21 heavy (non-hydrogen) atoms. The number of aryl methyl sites for hydroxylation is 1. The first-order valence-electron chi connectivity index (χ1n) is 6.85. The lowest BCUT2D eigenvalue weighted by molar-refractivity contribution is -0.131. The minimum Gasteiger partial charge on any atom is -0.339 e. The quantitative estimate of drug-likeness (QED) is 0.743. The van der Waals surface area contributed by atoms with Gasteiger partial charge in [0.1, 0.15) is 5.82 Å². The number of rotatable bonds is 7. The van der Waals surface area contributed by atoms with Crippen LogP contribution in [0.15, 0.2) is 9.32 Å². The molecule has 2 heterocycles. The third-order valence-corrected chi connectivity index (χ3v) is 2.91. The van der Waals surface area contributed by atoms with Gasteiger partial charge in [0.25, 0.3) is 0 Å². The molecule has 0 fully saturated rings. The normalized spacial score (nSPS) is 10.8. The summed E-state index contributed by atoms with van der Waals surface area (Å²) in [6, 6.07) is 0. The summed E-state index contributed by atoms with van der Waals surface area (Å²) in [5.74, 6) is 1.20. The van der Waals surface area contributed by atoms with E-state index in [1.165, 1.54) is 0 Å². The van der Waals surface area contributed by atoms with E-state index in [9.17, 15) is 9.59 Å². The monoisotopic (exact) mass is 294 g/mol. The number of hydrogen-bond donors (Lipinski definition) is 2. The number of carbonyl (C=O) groups is 1. The van der Waals surface area contributed by atoms with Gasteiger partial charge in [0.2, 0.25) is 11.8 Å². The van der Waals surface area contributed by atoms with Crippen molar-refractivity contribution in [3.8, 4) is 0 Å². The maximum absolute atomic E-state index is 12.2. The smallest absolute Gasteiger partial charge is 0.339 e. The lowest BCUT2D eigenvalue weighted by Crippen LogP contribution is -2.32. The lowest BCUT2D eigenvalue weighted by Gasteiger charge is -2.18. The Morgan fingerprint density at radius 3 is 2.81 bits per heavy atom. The second kappa shape index (κ2) is 6.82. The van der Waals surface area contributed by atoms with Crippen LogP contribution in [0.25, 0.3) is 0 Å². The average Bonchev–Trinajstić information content (AvgIpc) is 3.06. The van der Waals surface area contributed by atoms with E-state index in [1.54, 1.807) is 4.90 Å². The van der Waals surface area contributed by atoms with E-state index in [4.69, 9.17) is 4.52 Å².